The van der Waals surface area contributed by atoms with E-state index >= 15 is 0 Å². The summed E-state index contributed by atoms with van der Waals surface area (Å²) in [5, 5.41) is 12.9. The number of aliphatic imine (C=N–C) groups is 1. The molecule has 2 heterocycles. The maximum Gasteiger partial charge on any atom is 0.191 e. The molecule has 20 heavy (non-hydrogen) atoms. The Hall–Kier alpha value is -1.82. The molecule has 0 saturated carbocycles. The number of rotatable bonds is 5. The van der Waals surface area contributed by atoms with Crippen molar-refractivity contribution >= 4 is 17.3 Å². The summed E-state index contributed by atoms with van der Waals surface area (Å²) in [7, 11) is 3.72. The molecular weight excluding hydrogens is 270 g/mol. The highest BCUT2D eigenvalue weighted by molar-refractivity contribution is 7.10. The molecule has 2 N–H and O–H groups in total. The zero-order chi connectivity index (χ0) is 14.4. The molecule has 6 heteroatoms. The molecule has 0 aliphatic heterocycles. The molecule has 2 aromatic heterocycles. The van der Waals surface area contributed by atoms with Gasteiger partial charge in [-0.15, -0.1) is 11.3 Å². The second kappa shape index (κ2) is 7.09. The van der Waals surface area contributed by atoms with Crippen LogP contribution in [0.25, 0.3) is 0 Å². The third kappa shape index (κ3) is 4.09. The molecule has 108 valence electrons. The number of guanidine groups is 1. The van der Waals surface area contributed by atoms with Crippen LogP contribution in [0.3, 0.4) is 0 Å². The molecule has 0 aliphatic carbocycles. The molecule has 0 amide bonds. The van der Waals surface area contributed by atoms with Crippen molar-refractivity contribution in [3.8, 4) is 0 Å². The van der Waals surface area contributed by atoms with Crippen molar-refractivity contribution in [3.63, 3.8) is 0 Å². The van der Waals surface area contributed by atoms with E-state index in [1.165, 1.54) is 16.0 Å². The Morgan fingerprint density at radius 2 is 2.30 bits per heavy atom. The van der Waals surface area contributed by atoms with Gasteiger partial charge in [-0.2, -0.15) is 5.10 Å². The van der Waals surface area contributed by atoms with Gasteiger partial charge in [0.2, 0.25) is 0 Å². The maximum absolute atomic E-state index is 4.23. The van der Waals surface area contributed by atoms with Crippen LogP contribution in [-0.4, -0.2) is 29.3 Å². The average Bonchev–Trinajstić information content (AvgIpc) is 3.03. The van der Waals surface area contributed by atoms with Gasteiger partial charge in [-0.25, -0.2) is 0 Å². The second-order valence-electron chi connectivity index (χ2n) is 4.65. The third-order valence-corrected chi connectivity index (χ3v) is 4.10. The summed E-state index contributed by atoms with van der Waals surface area (Å²) in [5.41, 5.74) is 2.55. The van der Waals surface area contributed by atoms with Crippen molar-refractivity contribution in [2.24, 2.45) is 12.0 Å². The van der Waals surface area contributed by atoms with Crippen LogP contribution < -0.4 is 10.6 Å². The molecule has 0 unspecified atom stereocenters. The van der Waals surface area contributed by atoms with E-state index in [-0.39, 0.29) is 0 Å². The molecular formula is C14H21N5S. The highest BCUT2D eigenvalue weighted by Crippen LogP contribution is 2.14. The molecule has 0 saturated heterocycles. The lowest BCUT2D eigenvalue weighted by Gasteiger charge is -2.11. The minimum Gasteiger partial charge on any atom is -0.356 e. The Bertz CT molecular complexity index is 570. The van der Waals surface area contributed by atoms with Crippen molar-refractivity contribution in [1.29, 1.82) is 0 Å². The lowest BCUT2D eigenvalue weighted by Crippen LogP contribution is -2.37. The SMILES string of the molecule is CN=C(NCCc1cnn(C)c1)NCc1sccc1C. The van der Waals surface area contributed by atoms with Gasteiger partial charge in [0.15, 0.2) is 5.96 Å². The van der Waals surface area contributed by atoms with Crippen molar-refractivity contribution in [2.75, 3.05) is 13.6 Å². The van der Waals surface area contributed by atoms with E-state index in [2.05, 4.69) is 39.1 Å². The summed E-state index contributed by atoms with van der Waals surface area (Å²) >= 11 is 1.77. The molecule has 5 nitrogen and oxygen atoms in total. The molecule has 0 aromatic carbocycles. The van der Waals surface area contributed by atoms with Crippen molar-refractivity contribution in [1.82, 2.24) is 20.4 Å². The van der Waals surface area contributed by atoms with E-state index in [0.717, 1.165) is 25.5 Å². The molecule has 0 fully saturated rings. The second-order valence-corrected chi connectivity index (χ2v) is 5.65. The Morgan fingerprint density at radius 3 is 2.90 bits per heavy atom. The van der Waals surface area contributed by atoms with E-state index in [1.54, 1.807) is 18.4 Å². The molecule has 0 bridgehead atoms. The summed E-state index contributed by atoms with van der Waals surface area (Å²) in [6.45, 7) is 3.79. The van der Waals surface area contributed by atoms with Gasteiger partial charge in [-0.1, -0.05) is 0 Å². The first-order valence-electron chi connectivity index (χ1n) is 6.64. The summed E-state index contributed by atoms with van der Waals surface area (Å²) < 4.78 is 1.82. The van der Waals surface area contributed by atoms with Crippen molar-refractivity contribution in [2.45, 2.75) is 19.9 Å². The summed E-state index contributed by atoms with van der Waals surface area (Å²) in [6.07, 6.45) is 4.87. The Kier molecular flexibility index (Phi) is 5.17. The monoisotopic (exact) mass is 291 g/mol. The smallest absolute Gasteiger partial charge is 0.191 e. The molecule has 0 atom stereocenters. The lowest BCUT2D eigenvalue weighted by atomic mass is 10.2. The van der Waals surface area contributed by atoms with Gasteiger partial charge in [-0.3, -0.25) is 9.67 Å². The molecule has 2 rings (SSSR count). The number of aromatic nitrogens is 2. The summed E-state index contributed by atoms with van der Waals surface area (Å²) in [4.78, 5) is 5.58. The van der Waals surface area contributed by atoms with Crippen LogP contribution in [0, 0.1) is 6.92 Å². The van der Waals surface area contributed by atoms with Crippen LogP contribution in [0.1, 0.15) is 16.0 Å². The van der Waals surface area contributed by atoms with Gasteiger partial charge < -0.3 is 10.6 Å². The maximum atomic E-state index is 4.23. The number of hydrogen-bond donors (Lipinski definition) is 2. The lowest BCUT2D eigenvalue weighted by molar-refractivity contribution is 0.765. The fourth-order valence-electron chi connectivity index (χ4n) is 1.90. The van der Waals surface area contributed by atoms with E-state index in [0.29, 0.717) is 0 Å². The molecule has 0 spiro atoms. The topological polar surface area (TPSA) is 54.2 Å². The van der Waals surface area contributed by atoms with Gasteiger partial charge in [0.05, 0.1) is 12.7 Å². The van der Waals surface area contributed by atoms with Crippen LogP contribution in [-0.2, 0) is 20.0 Å². The van der Waals surface area contributed by atoms with Gasteiger partial charge >= 0.3 is 0 Å². The van der Waals surface area contributed by atoms with Crippen LogP contribution >= 0.6 is 11.3 Å². The zero-order valence-corrected chi connectivity index (χ0v) is 13.0. The Balaban J connectivity index is 1.74. The number of hydrogen-bond acceptors (Lipinski definition) is 3. The largest absolute Gasteiger partial charge is 0.356 e. The normalized spacial score (nSPS) is 11.7. The van der Waals surface area contributed by atoms with Gasteiger partial charge in [0, 0.05) is 31.7 Å². The van der Waals surface area contributed by atoms with E-state index < -0.39 is 0 Å². The number of aryl methyl sites for hydroxylation is 2. The van der Waals surface area contributed by atoms with E-state index in [4.69, 9.17) is 0 Å². The van der Waals surface area contributed by atoms with Crippen LogP contribution in [0.4, 0.5) is 0 Å². The standard InChI is InChI=1S/C14H21N5S/c1-11-5-7-20-13(11)9-17-14(15-2)16-6-4-12-8-18-19(3)10-12/h5,7-8,10H,4,6,9H2,1-3H3,(H2,15,16,17). The Morgan fingerprint density at radius 1 is 1.45 bits per heavy atom. The minimum absolute atomic E-state index is 0.816. The summed E-state index contributed by atoms with van der Waals surface area (Å²) in [5.74, 6) is 0.835. The highest BCUT2D eigenvalue weighted by Gasteiger charge is 2.02. The summed E-state index contributed by atoms with van der Waals surface area (Å²) in [6, 6.07) is 2.14. The third-order valence-electron chi connectivity index (χ3n) is 3.07. The predicted octanol–water partition coefficient (Wildman–Crippen LogP) is 1.70. The fraction of sp³-hybridized carbons (Fsp3) is 0.429. The predicted molar refractivity (Wildman–Crippen MR) is 84.2 cm³/mol. The first kappa shape index (κ1) is 14.6. The van der Waals surface area contributed by atoms with Gasteiger partial charge in [0.25, 0.3) is 0 Å². The number of thiophene rings is 1. The first-order chi connectivity index (χ1) is 9.69. The highest BCUT2D eigenvalue weighted by atomic mass is 32.1. The average molecular weight is 291 g/mol. The first-order valence-corrected chi connectivity index (χ1v) is 7.52. The molecule has 0 aliphatic rings. The van der Waals surface area contributed by atoms with E-state index in [1.807, 2.05) is 24.1 Å². The van der Waals surface area contributed by atoms with Crippen molar-refractivity contribution < 1.29 is 0 Å². The van der Waals surface area contributed by atoms with E-state index in [9.17, 15) is 0 Å². The zero-order valence-electron chi connectivity index (χ0n) is 12.2. The Labute approximate surface area is 123 Å². The molecule has 2 aromatic rings. The van der Waals surface area contributed by atoms with Gasteiger partial charge in [-0.05, 0) is 35.9 Å². The molecule has 0 radical (unpaired) electrons. The van der Waals surface area contributed by atoms with Gasteiger partial charge in [0.1, 0.15) is 0 Å². The number of nitrogens with one attached hydrogen (secondary N) is 2. The van der Waals surface area contributed by atoms with Crippen molar-refractivity contribution in [3.05, 3.63) is 39.8 Å². The quantitative estimate of drug-likeness (QED) is 0.651. The minimum atomic E-state index is 0.816. The van der Waals surface area contributed by atoms with Crippen LogP contribution in [0.2, 0.25) is 0 Å². The van der Waals surface area contributed by atoms with Crippen LogP contribution in [0.15, 0.2) is 28.8 Å². The number of nitrogens with zero attached hydrogens (tertiary/aromatic N) is 3. The fourth-order valence-corrected chi connectivity index (χ4v) is 2.74. The van der Waals surface area contributed by atoms with Crippen LogP contribution in [0.5, 0.6) is 0 Å².